The second-order valence-corrected chi connectivity index (χ2v) is 10.5. The Balaban J connectivity index is 1.77. The van der Waals surface area contributed by atoms with Crippen molar-refractivity contribution in [3.8, 4) is 16.9 Å². The molecule has 192 valence electrons. The Morgan fingerprint density at radius 1 is 1.11 bits per heavy atom. The van der Waals surface area contributed by atoms with Crippen LogP contribution in [0.4, 0.5) is 0 Å². The maximum atomic E-state index is 13.2. The number of allylic oxidation sites excluding steroid dienone is 1. The fourth-order valence-corrected chi connectivity index (χ4v) is 5.23. The van der Waals surface area contributed by atoms with E-state index in [9.17, 15) is 4.79 Å². The molecule has 0 saturated carbocycles. The number of nitrogens with one attached hydrogen (secondary N) is 1. The van der Waals surface area contributed by atoms with Crippen molar-refractivity contribution in [2.24, 2.45) is 11.8 Å². The van der Waals surface area contributed by atoms with E-state index >= 15 is 0 Å². The monoisotopic (exact) mass is 545 g/mol. The fraction of sp³-hybridized carbons (Fsp3) is 0.379. The number of carbonyl (C=O) groups is 1. The number of carbonyl (C=O) groups excluding carboxylic acids is 1. The van der Waals surface area contributed by atoms with Gasteiger partial charge in [0, 0.05) is 27.7 Å². The molecule has 1 heterocycles. The highest BCUT2D eigenvalue weighted by atomic mass is 35.5. The molecule has 1 N–H and O–H groups in total. The van der Waals surface area contributed by atoms with Gasteiger partial charge < -0.3 is 5.32 Å². The predicted octanol–water partition coefficient (Wildman–Crippen LogP) is 8.95. The van der Waals surface area contributed by atoms with Crippen molar-refractivity contribution in [3.05, 3.63) is 81.4 Å². The number of rotatable bonds is 12. The molecule has 0 aliphatic heterocycles. The molecule has 1 aromatic heterocycles. The quantitative estimate of drug-likeness (QED) is 0.182. The first-order chi connectivity index (χ1) is 17.3. The summed E-state index contributed by atoms with van der Waals surface area (Å²) < 4.78 is 1.71. The zero-order valence-corrected chi connectivity index (χ0v) is 23.4. The molecule has 2 aromatic carbocycles. The van der Waals surface area contributed by atoms with Crippen molar-refractivity contribution in [2.75, 3.05) is 6.54 Å². The fourth-order valence-electron chi connectivity index (χ4n) is 4.61. The lowest BCUT2D eigenvalue weighted by atomic mass is 9.85. The first-order valence-electron chi connectivity index (χ1n) is 12.5. The SMILES string of the molecule is C=CCC(CC)C(C)CCCCNC(=O)c1nn(-c2ccc(Cl)cc2Cl)c(-c2ccc(Cl)cc2)c1C. The van der Waals surface area contributed by atoms with E-state index in [0.717, 1.165) is 42.5 Å². The second-order valence-electron chi connectivity index (χ2n) is 9.26. The molecule has 2 atom stereocenters. The minimum atomic E-state index is -0.197. The molecule has 36 heavy (non-hydrogen) atoms. The molecule has 0 fully saturated rings. The molecule has 7 heteroatoms. The third-order valence-corrected chi connectivity index (χ3v) is 7.55. The summed E-state index contributed by atoms with van der Waals surface area (Å²) in [4.78, 5) is 13.2. The summed E-state index contributed by atoms with van der Waals surface area (Å²) in [6.45, 7) is 10.9. The van der Waals surface area contributed by atoms with Crippen molar-refractivity contribution < 1.29 is 4.79 Å². The third kappa shape index (κ3) is 6.94. The summed E-state index contributed by atoms with van der Waals surface area (Å²) in [5, 5.41) is 9.35. The standard InChI is InChI=1S/C29H34Cl3N3O/c1-5-9-21(6-2)19(3)10-7-8-17-33-29(36)27-20(4)28(22-11-13-23(30)14-12-22)35(34-27)26-16-15-24(31)18-25(26)32/h5,11-16,18-19,21H,1,6-10,17H2,2-4H3,(H,33,36). The van der Waals surface area contributed by atoms with Crippen LogP contribution in [0.3, 0.4) is 0 Å². The highest BCUT2D eigenvalue weighted by Gasteiger charge is 2.23. The molecule has 3 aromatic rings. The molecule has 1 amide bonds. The van der Waals surface area contributed by atoms with Gasteiger partial charge in [0.15, 0.2) is 5.69 Å². The molecule has 0 aliphatic rings. The minimum Gasteiger partial charge on any atom is -0.351 e. The normalized spacial score (nSPS) is 12.8. The van der Waals surface area contributed by atoms with E-state index in [2.05, 4.69) is 30.8 Å². The summed E-state index contributed by atoms with van der Waals surface area (Å²) in [5.74, 6) is 1.13. The summed E-state index contributed by atoms with van der Waals surface area (Å²) in [5.41, 5.74) is 3.45. The third-order valence-electron chi connectivity index (χ3n) is 6.76. The Bertz CT molecular complexity index is 1190. The largest absolute Gasteiger partial charge is 0.351 e. The zero-order chi connectivity index (χ0) is 26.2. The van der Waals surface area contributed by atoms with Crippen LogP contribution in [0.15, 0.2) is 55.1 Å². The summed E-state index contributed by atoms with van der Waals surface area (Å²) >= 11 is 18.7. The van der Waals surface area contributed by atoms with Gasteiger partial charge in [-0.2, -0.15) is 5.10 Å². The first kappa shape index (κ1) is 28.3. The average Bonchev–Trinajstić information content (AvgIpc) is 3.19. The van der Waals surface area contributed by atoms with E-state index in [1.165, 1.54) is 6.42 Å². The number of amides is 1. The number of hydrogen-bond donors (Lipinski definition) is 1. The Kier molecular flexibility index (Phi) is 10.5. The topological polar surface area (TPSA) is 46.9 Å². The van der Waals surface area contributed by atoms with Crippen LogP contribution in [0.1, 0.15) is 62.0 Å². The molecule has 4 nitrogen and oxygen atoms in total. The van der Waals surface area contributed by atoms with Gasteiger partial charge in [-0.1, -0.05) is 86.1 Å². The molecule has 0 saturated heterocycles. The van der Waals surface area contributed by atoms with Crippen molar-refractivity contribution in [1.29, 1.82) is 0 Å². The zero-order valence-electron chi connectivity index (χ0n) is 21.2. The molecule has 2 unspecified atom stereocenters. The molecule has 0 aliphatic carbocycles. The number of hydrogen-bond acceptors (Lipinski definition) is 2. The number of unbranched alkanes of at least 4 members (excludes halogenated alkanes) is 1. The van der Waals surface area contributed by atoms with Crippen LogP contribution < -0.4 is 5.32 Å². The van der Waals surface area contributed by atoms with E-state index in [4.69, 9.17) is 34.8 Å². The Morgan fingerprint density at radius 2 is 1.81 bits per heavy atom. The number of aromatic nitrogens is 2. The van der Waals surface area contributed by atoms with Crippen LogP contribution in [0.5, 0.6) is 0 Å². The smallest absolute Gasteiger partial charge is 0.272 e. The van der Waals surface area contributed by atoms with Crippen LogP contribution in [-0.4, -0.2) is 22.2 Å². The summed E-state index contributed by atoms with van der Waals surface area (Å²) in [7, 11) is 0. The second kappa shape index (κ2) is 13.3. The maximum absolute atomic E-state index is 13.2. The van der Waals surface area contributed by atoms with E-state index in [1.54, 1.807) is 22.9 Å². The van der Waals surface area contributed by atoms with Crippen molar-refractivity contribution in [1.82, 2.24) is 15.1 Å². The summed E-state index contributed by atoms with van der Waals surface area (Å²) in [6, 6.07) is 12.7. The van der Waals surface area contributed by atoms with Crippen LogP contribution in [0, 0.1) is 18.8 Å². The van der Waals surface area contributed by atoms with Crippen LogP contribution in [0.2, 0.25) is 15.1 Å². The van der Waals surface area contributed by atoms with Crippen molar-refractivity contribution >= 4 is 40.7 Å². The molecule has 0 spiro atoms. The lowest BCUT2D eigenvalue weighted by molar-refractivity contribution is 0.0946. The van der Waals surface area contributed by atoms with E-state index in [0.29, 0.717) is 44.8 Å². The van der Waals surface area contributed by atoms with Crippen molar-refractivity contribution in [2.45, 2.75) is 52.9 Å². The van der Waals surface area contributed by atoms with Gasteiger partial charge in [-0.05, 0) is 61.9 Å². The molecule has 0 bridgehead atoms. The first-order valence-corrected chi connectivity index (χ1v) is 13.6. The van der Waals surface area contributed by atoms with Crippen LogP contribution in [0.25, 0.3) is 16.9 Å². The minimum absolute atomic E-state index is 0.197. The lowest BCUT2D eigenvalue weighted by Gasteiger charge is -2.21. The van der Waals surface area contributed by atoms with Crippen LogP contribution >= 0.6 is 34.8 Å². The van der Waals surface area contributed by atoms with E-state index < -0.39 is 0 Å². The van der Waals surface area contributed by atoms with Gasteiger partial charge >= 0.3 is 0 Å². The summed E-state index contributed by atoms with van der Waals surface area (Å²) in [6.07, 6.45) is 7.38. The van der Waals surface area contributed by atoms with E-state index in [1.807, 2.05) is 37.3 Å². The van der Waals surface area contributed by atoms with Gasteiger partial charge in [-0.3, -0.25) is 4.79 Å². The van der Waals surface area contributed by atoms with Gasteiger partial charge in [-0.15, -0.1) is 6.58 Å². The number of nitrogens with zero attached hydrogens (tertiary/aromatic N) is 2. The van der Waals surface area contributed by atoms with Gasteiger partial charge in [0.2, 0.25) is 0 Å². The Labute approximate surface area is 229 Å². The van der Waals surface area contributed by atoms with Gasteiger partial charge in [-0.25, -0.2) is 4.68 Å². The molecular weight excluding hydrogens is 513 g/mol. The van der Waals surface area contributed by atoms with Gasteiger partial charge in [0.1, 0.15) is 0 Å². The Morgan fingerprint density at radius 3 is 2.44 bits per heavy atom. The highest BCUT2D eigenvalue weighted by Crippen LogP contribution is 2.33. The van der Waals surface area contributed by atoms with Crippen molar-refractivity contribution in [3.63, 3.8) is 0 Å². The van der Waals surface area contributed by atoms with E-state index in [-0.39, 0.29) is 5.91 Å². The highest BCUT2D eigenvalue weighted by molar-refractivity contribution is 6.35. The lowest BCUT2D eigenvalue weighted by Crippen LogP contribution is -2.25. The van der Waals surface area contributed by atoms with Crippen LogP contribution in [-0.2, 0) is 0 Å². The Hall–Kier alpha value is -2.27. The molecular formula is C29H34Cl3N3O. The average molecular weight is 547 g/mol. The van der Waals surface area contributed by atoms with Gasteiger partial charge in [0.25, 0.3) is 5.91 Å². The predicted molar refractivity (Wildman–Crippen MR) is 153 cm³/mol. The molecule has 0 radical (unpaired) electrons. The molecule has 3 rings (SSSR count). The number of benzene rings is 2. The maximum Gasteiger partial charge on any atom is 0.272 e. The van der Waals surface area contributed by atoms with Gasteiger partial charge in [0.05, 0.1) is 16.4 Å². The number of halogens is 3.